The van der Waals surface area contributed by atoms with Crippen LogP contribution in [0.4, 0.5) is 5.95 Å². The van der Waals surface area contributed by atoms with Crippen molar-refractivity contribution in [1.82, 2.24) is 19.9 Å². The van der Waals surface area contributed by atoms with Gasteiger partial charge in [0.25, 0.3) is 0 Å². The molecule has 0 aliphatic heterocycles. The Hall–Kier alpha value is -2.01. The van der Waals surface area contributed by atoms with Gasteiger partial charge in [0.05, 0.1) is 11.4 Å². The molecule has 2 heterocycles. The highest BCUT2D eigenvalue weighted by molar-refractivity contribution is 5.54. The van der Waals surface area contributed by atoms with Crippen LogP contribution >= 0.6 is 0 Å². The van der Waals surface area contributed by atoms with Crippen molar-refractivity contribution in [2.45, 2.75) is 44.6 Å². The highest BCUT2D eigenvalue weighted by Crippen LogP contribution is 2.33. The number of nitrogens with one attached hydrogen (secondary N) is 1. The second-order valence-electron chi connectivity index (χ2n) is 6.63. The Kier molecular flexibility index (Phi) is 5.41. The Morgan fingerprint density at radius 2 is 1.88 bits per heavy atom. The summed E-state index contributed by atoms with van der Waals surface area (Å²) in [5, 5.41) is 3.49. The number of likely N-dealkylation sites (N-methyl/N-ethyl adjacent to an activating group) is 1. The van der Waals surface area contributed by atoms with Crippen molar-refractivity contribution in [3.05, 3.63) is 36.7 Å². The van der Waals surface area contributed by atoms with Gasteiger partial charge in [-0.1, -0.05) is 32.3 Å². The highest BCUT2D eigenvalue weighted by Gasteiger charge is 2.35. The molecular formula is C19H27N5. The molecule has 0 aromatic carbocycles. The van der Waals surface area contributed by atoms with Crippen LogP contribution in [0.5, 0.6) is 0 Å². The van der Waals surface area contributed by atoms with Crippen LogP contribution in [0.3, 0.4) is 0 Å². The van der Waals surface area contributed by atoms with E-state index in [4.69, 9.17) is 0 Å². The van der Waals surface area contributed by atoms with Crippen LogP contribution < -0.4 is 5.32 Å². The number of pyridine rings is 1. The molecule has 2 aromatic rings. The molecular weight excluding hydrogens is 298 g/mol. The number of anilines is 1. The quantitative estimate of drug-likeness (QED) is 0.879. The second-order valence-corrected chi connectivity index (χ2v) is 6.63. The zero-order valence-corrected chi connectivity index (χ0v) is 14.7. The summed E-state index contributed by atoms with van der Waals surface area (Å²) in [6, 6.07) is 7.77. The zero-order valence-electron chi connectivity index (χ0n) is 14.7. The first-order valence-electron chi connectivity index (χ1n) is 8.93. The van der Waals surface area contributed by atoms with Crippen molar-refractivity contribution in [3.8, 4) is 11.4 Å². The predicted octanol–water partition coefficient (Wildman–Crippen LogP) is 3.61. The molecule has 1 saturated carbocycles. The van der Waals surface area contributed by atoms with Crippen LogP contribution in [-0.4, -0.2) is 45.5 Å². The lowest BCUT2D eigenvalue weighted by Gasteiger charge is -2.44. The van der Waals surface area contributed by atoms with Gasteiger partial charge < -0.3 is 5.32 Å². The molecule has 1 N–H and O–H groups in total. The minimum absolute atomic E-state index is 0.220. The van der Waals surface area contributed by atoms with E-state index in [1.54, 1.807) is 12.4 Å². The molecule has 128 valence electrons. The highest BCUT2D eigenvalue weighted by atomic mass is 15.2. The largest absolute Gasteiger partial charge is 0.352 e. The minimum Gasteiger partial charge on any atom is -0.352 e. The molecule has 24 heavy (non-hydrogen) atoms. The number of hydrogen-bond donors (Lipinski definition) is 1. The topological polar surface area (TPSA) is 53.9 Å². The van der Waals surface area contributed by atoms with Crippen molar-refractivity contribution in [3.63, 3.8) is 0 Å². The summed E-state index contributed by atoms with van der Waals surface area (Å²) in [6.07, 6.45) is 10.0. The van der Waals surface area contributed by atoms with Crippen molar-refractivity contribution < 1.29 is 0 Å². The Balaban J connectivity index is 1.73. The molecule has 1 aliphatic carbocycles. The van der Waals surface area contributed by atoms with Crippen molar-refractivity contribution in [2.24, 2.45) is 0 Å². The molecule has 5 heteroatoms. The minimum atomic E-state index is 0.220. The van der Waals surface area contributed by atoms with Gasteiger partial charge >= 0.3 is 0 Å². The molecule has 0 spiro atoms. The van der Waals surface area contributed by atoms with Gasteiger partial charge in [-0.25, -0.2) is 9.97 Å². The second kappa shape index (κ2) is 7.71. The summed E-state index contributed by atoms with van der Waals surface area (Å²) < 4.78 is 0. The van der Waals surface area contributed by atoms with E-state index in [1.807, 2.05) is 24.3 Å². The van der Waals surface area contributed by atoms with E-state index < -0.39 is 0 Å². The first kappa shape index (κ1) is 16.8. The molecule has 0 radical (unpaired) electrons. The molecule has 1 aliphatic rings. The maximum absolute atomic E-state index is 4.64. The van der Waals surface area contributed by atoms with Crippen molar-refractivity contribution in [1.29, 1.82) is 0 Å². The molecule has 1 fully saturated rings. The summed E-state index contributed by atoms with van der Waals surface area (Å²) in [4.78, 5) is 15.9. The molecule has 0 amide bonds. The van der Waals surface area contributed by atoms with Crippen LogP contribution in [-0.2, 0) is 0 Å². The number of nitrogens with zero attached hydrogens (tertiary/aromatic N) is 4. The average Bonchev–Trinajstić information content (AvgIpc) is 2.67. The summed E-state index contributed by atoms with van der Waals surface area (Å²) in [6.45, 7) is 4.19. The average molecular weight is 325 g/mol. The van der Waals surface area contributed by atoms with Crippen LogP contribution in [0.15, 0.2) is 36.7 Å². The van der Waals surface area contributed by atoms with E-state index >= 15 is 0 Å². The Morgan fingerprint density at radius 1 is 1.04 bits per heavy atom. The van der Waals surface area contributed by atoms with Gasteiger partial charge in [-0.3, -0.25) is 9.88 Å². The molecule has 0 saturated heterocycles. The monoisotopic (exact) mass is 325 g/mol. The lowest BCUT2D eigenvalue weighted by atomic mass is 9.80. The number of rotatable bonds is 6. The standard InChI is InChI=1S/C19H27N5/c1-3-24(2)19(11-6-4-7-12-19)15-22-18-21-14-10-17(23-18)16-9-5-8-13-20-16/h5,8-10,13-14H,3-4,6-7,11-12,15H2,1-2H3,(H,21,22,23). The first-order chi connectivity index (χ1) is 11.7. The van der Waals surface area contributed by atoms with Gasteiger partial charge in [0, 0.05) is 24.5 Å². The van der Waals surface area contributed by atoms with E-state index in [0.29, 0.717) is 5.95 Å². The maximum atomic E-state index is 4.64. The fraction of sp³-hybridized carbons (Fsp3) is 0.526. The predicted molar refractivity (Wildman–Crippen MR) is 97.9 cm³/mol. The van der Waals surface area contributed by atoms with Gasteiger partial charge in [0.15, 0.2) is 0 Å². The Bertz CT molecular complexity index is 637. The van der Waals surface area contributed by atoms with E-state index in [9.17, 15) is 0 Å². The van der Waals surface area contributed by atoms with Gasteiger partial charge in [0.2, 0.25) is 5.95 Å². The van der Waals surface area contributed by atoms with Crippen LogP contribution in [0.1, 0.15) is 39.0 Å². The summed E-state index contributed by atoms with van der Waals surface area (Å²) in [5.41, 5.74) is 1.95. The summed E-state index contributed by atoms with van der Waals surface area (Å²) >= 11 is 0. The lowest BCUT2D eigenvalue weighted by molar-refractivity contribution is 0.0921. The maximum Gasteiger partial charge on any atom is 0.223 e. The molecule has 3 rings (SSSR count). The molecule has 0 atom stereocenters. The van der Waals surface area contributed by atoms with Crippen molar-refractivity contribution in [2.75, 3.05) is 25.5 Å². The van der Waals surface area contributed by atoms with Crippen LogP contribution in [0.2, 0.25) is 0 Å². The van der Waals surface area contributed by atoms with E-state index in [-0.39, 0.29) is 5.54 Å². The fourth-order valence-electron chi connectivity index (χ4n) is 3.58. The van der Waals surface area contributed by atoms with Gasteiger partial charge in [-0.15, -0.1) is 0 Å². The van der Waals surface area contributed by atoms with Crippen LogP contribution in [0, 0.1) is 0 Å². The third-order valence-corrected chi connectivity index (χ3v) is 5.23. The fourth-order valence-corrected chi connectivity index (χ4v) is 3.58. The van der Waals surface area contributed by atoms with Gasteiger partial charge in [0.1, 0.15) is 0 Å². The zero-order chi connectivity index (χ0) is 16.8. The SMILES string of the molecule is CCN(C)C1(CNc2nccc(-c3ccccn3)n2)CCCCC1. The van der Waals surface area contributed by atoms with E-state index in [2.05, 4.69) is 39.1 Å². The third kappa shape index (κ3) is 3.73. The number of hydrogen-bond acceptors (Lipinski definition) is 5. The van der Waals surface area contributed by atoms with E-state index in [1.165, 1.54) is 32.1 Å². The third-order valence-electron chi connectivity index (χ3n) is 5.23. The first-order valence-corrected chi connectivity index (χ1v) is 8.93. The summed E-state index contributed by atoms with van der Waals surface area (Å²) in [5.74, 6) is 0.688. The van der Waals surface area contributed by atoms with Gasteiger partial charge in [-0.05, 0) is 44.6 Å². The Labute approximate surface area is 144 Å². The summed E-state index contributed by atoms with van der Waals surface area (Å²) in [7, 11) is 2.23. The molecule has 2 aromatic heterocycles. The van der Waals surface area contributed by atoms with Gasteiger partial charge in [-0.2, -0.15) is 0 Å². The Morgan fingerprint density at radius 3 is 2.58 bits per heavy atom. The molecule has 5 nitrogen and oxygen atoms in total. The lowest BCUT2D eigenvalue weighted by Crippen LogP contribution is -2.52. The van der Waals surface area contributed by atoms with Crippen molar-refractivity contribution >= 4 is 5.95 Å². The molecule has 0 unspecified atom stereocenters. The normalized spacial score (nSPS) is 17.0. The molecule has 0 bridgehead atoms. The van der Waals surface area contributed by atoms with Crippen LogP contribution in [0.25, 0.3) is 11.4 Å². The number of aromatic nitrogens is 3. The smallest absolute Gasteiger partial charge is 0.223 e. The van der Waals surface area contributed by atoms with E-state index in [0.717, 1.165) is 24.5 Å².